The van der Waals surface area contributed by atoms with E-state index in [1.165, 1.54) is 4.90 Å². The van der Waals surface area contributed by atoms with E-state index in [1.807, 2.05) is 0 Å². The first kappa shape index (κ1) is 12.3. The molecule has 0 radical (unpaired) electrons. The Balaban J connectivity index is 2.59. The molecule has 6 heteroatoms. The van der Waals surface area contributed by atoms with Crippen LogP contribution in [0.15, 0.2) is 0 Å². The highest BCUT2D eigenvalue weighted by Crippen LogP contribution is 2.40. The number of amides is 1. The van der Waals surface area contributed by atoms with Crippen molar-refractivity contribution in [1.29, 1.82) is 0 Å². The quantitative estimate of drug-likeness (QED) is 0.748. The van der Waals surface area contributed by atoms with Gasteiger partial charge in [0.1, 0.15) is 3.23 Å². The monoisotopic (exact) mass is 329 g/mol. The summed E-state index contributed by atoms with van der Waals surface area (Å²) < 4.78 is 4.38. The van der Waals surface area contributed by atoms with Crippen LogP contribution in [-0.4, -0.2) is 38.2 Å². The van der Waals surface area contributed by atoms with Gasteiger partial charge in [0.15, 0.2) is 6.23 Å². The third-order valence-electron chi connectivity index (χ3n) is 1.93. The van der Waals surface area contributed by atoms with Crippen LogP contribution >= 0.6 is 31.9 Å². The van der Waals surface area contributed by atoms with Crippen LogP contribution < -0.4 is 0 Å². The maximum Gasteiger partial charge on any atom is 0.412 e. The number of carbonyl (C=O) groups excluding carboxylic acids is 1. The van der Waals surface area contributed by atoms with Crippen LogP contribution in [0.1, 0.15) is 20.3 Å². The number of hydrogen-bond acceptors (Lipinski definition) is 3. The molecular weight excluding hydrogens is 318 g/mol. The van der Waals surface area contributed by atoms with Crippen LogP contribution in [-0.2, 0) is 4.74 Å². The molecule has 4 nitrogen and oxygen atoms in total. The second-order valence-corrected chi connectivity index (χ2v) is 7.40. The van der Waals surface area contributed by atoms with Crippen LogP contribution in [0.2, 0.25) is 0 Å². The van der Waals surface area contributed by atoms with Crippen molar-refractivity contribution in [2.75, 3.05) is 6.54 Å². The molecule has 0 aromatic heterocycles. The lowest BCUT2D eigenvalue weighted by atomic mass is 10.4. The van der Waals surface area contributed by atoms with Gasteiger partial charge in [-0.05, 0) is 20.3 Å². The van der Waals surface area contributed by atoms with Crippen molar-refractivity contribution in [1.82, 2.24) is 4.90 Å². The second-order valence-electron chi connectivity index (χ2n) is 3.51. The number of aliphatic hydroxyl groups excluding tert-OH is 1. The topological polar surface area (TPSA) is 49.8 Å². The Bertz CT molecular complexity index is 233. The van der Waals surface area contributed by atoms with E-state index in [0.29, 0.717) is 13.0 Å². The molecule has 1 aliphatic rings. The van der Waals surface area contributed by atoms with Gasteiger partial charge in [-0.2, -0.15) is 0 Å². The highest BCUT2D eigenvalue weighted by atomic mass is 79.9. The lowest BCUT2D eigenvalue weighted by molar-refractivity contribution is 0.0141. The third kappa shape index (κ3) is 2.61. The predicted molar refractivity (Wildman–Crippen MR) is 59.5 cm³/mol. The van der Waals surface area contributed by atoms with E-state index >= 15 is 0 Å². The highest BCUT2D eigenvalue weighted by molar-refractivity contribution is 9.25. The Hall–Kier alpha value is 0.190. The summed E-state index contributed by atoms with van der Waals surface area (Å²) in [6.45, 7) is 4.02. The number of halogens is 2. The number of nitrogens with zero attached hydrogens (tertiary/aromatic N) is 1. The van der Waals surface area contributed by atoms with Crippen LogP contribution in [0.3, 0.4) is 0 Å². The fraction of sp³-hybridized carbons (Fsp3) is 0.875. The SMILES string of the molecule is CC(C)OC(=O)N1CCC(Br)(Br)C1O. The Morgan fingerprint density at radius 3 is 2.57 bits per heavy atom. The van der Waals surface area contributed by atoms with Gasteiger partial charge in [-0.3, -0.25) is 4.90 Å². The molecule has 1 unspecified atom stereocenters. The van der Waals surface area contributed by atoms with Gasteiger partial charge < -0.3 is 9.84 Å². The number of likely N-dealkylation sites (tertiary alicyclic amines) is 1. The first-order valence-corrected chi connectivity index (χ1v) is 5.96. The smallest absolute Gasteiger partial charge is 0.412 e. The van der Waals surface area contributed by atoms with E-state index in [9.17, 15) is 9.90 Å². The first-order valence-electron chi connectivity index (χ1n) is 4.38. The standard InChI is InChI=1S/C8H13Br2NO3/c1-5(2)14-7(13)11-4-3-8(9,10)6(11)12/h5-6,12H,3-4H2,1-2H3. The van der Waals surface area contributed by atoms with Crippen molar-refractivity contribution < 1.29 is 14.6 Å². The van der Waals surface area contributed by atoms with E-state index < -0.39 is 15.6 Å². The predicted octanol–water partition coefficient (Wildman–Crippen LogP) is 2.04. The number of aliphatic hydroxyl groups is 1. The molecule has 1 N–H and O–H groups in total. The number of ether oxygens (including phenoxy) is 1. The summed E-state index contributed by atoms with van der Waals surface area (Å²) in [6.07, 6.45) is -0.904. The number of hydrogen-bond donors (Lipinski definition) is 1. The van der Waals surface area contributed by atoms with Crippen LogP contribution in [0.4, 0.5) is 4.79 Å². The summed E-state index contributed by atoms with van der Waals surface area (Å²) >= 11 is 6.60. The first-order chi connectivity index (χ1) is 6.34. The second kappa shape index (κ2) is 4.37. The fourth-order valence-corrected chi connectivity index (χ4v) is 2.06. The minimum Gasteiger partial charge on any atom is -0.447 e. The van der Waals surface area contributed by atoms with E-state index in [4.69, 9.17) is 4.74 Å². The van der Waals surface area contributed by atoms with Gasteiger partial charge in [0, 0.05) is 6.54 Å². The van der Waals surface area contributed by atoms with Crippen molar-refractivity contribution >= 4 is 38.0 Å². The highest BCUT2D eigenvalue weighted by Gasteiger charge is 2.45. The molecule has 1 atom stereocenters. The molecule has 0 bridgehead atoms. The Labute approximate surface area is 99.9 Å². The Morgan fingerprint density at radius 1 is 1.64 bits per heavy atom. The molecule has 0 saturated carbocycles. The molecule has 0 aliphatic carbocycles. The van der Waals surface area contributed by atoms with Crippen molar-refractivity contribution in [3.63, 3.8) is 0 Å². The van der Waals surface area contributed by atoms with E-state index in [-0.39, 0.29) is 6.10 Å². The van der Waals surface area contributed by atoms with Gasteiger partial charge in [-0.25, -0.2) is 4.79 Å². The third-order valence-corrected chi connectivity index (χ3v) is 3.54. The summed E-state index contributed by atoms with van der Waals surface area (Å²) in [5, 5.41) is 9.73. The normalized spacial score (nSPS) is 25.6. The molecule has 1 saturated heterocycles. The summed E-state index contributed by atoms with van der Waals surface area (Å²) in [7, 11) is 0. The summed E-state index contributed by atoms with van der Waals surface area (Å²) in [6, 6.07) is 0. The molecule has 1 amide bonds. The molecule has 1 aliphatic heterocycles. The molecule has 0 spiro atoms. The fourth-order valence-electron chi connectivity index (χ4n) is 1.21. The Morgan fingerprint density at radius 2 is 2.21 bits per heavy atom. The van der Waals surface area contributed by atoms with Crippen molar-refractivity contribution in [2.24, 2.45) is 0 Å². The summed E-state index contributed by atoms with van der Waals surface area (Å²) in [5.74, 6) is 0. The van der Waals surface area contributed by atoms with Crippen LogP contribution in [0.5, 0.6) is 0 Å². The summed E-state index contributed by atoms with van der Waals surface area (Å²) in [5.41, 5.74) is 0. The number of carbonyl (C=O) groups is 1. The van der Waals surface area contributed by atoms with Gasteiger partial charge in [0.25, 0.3) is 0 Å². The molecule has 0 aromatic rings. The molecule has 1 rings (SSSR count). The van der Waals surface area contributed by atoms with Crippen LogP contribution in [0, 0.1) is 0 Å². The largest absolute Gasteiger partial charge is 0.447 e. The number of rotatable bonds is 1. The minimum absolute atomic E-state index is 0.171. The molecule has 82 valence electrons. The van der Waals surface area contributed by atoms with Gasteiger partial charge in [-0.15, -0.1) is 0 Å². The average Bonchev–Trinajstić information content (AvgIpc) is 2.26. The van der Waals surface area contributed by atoms with E-state index in [0.717, 1.165) is 0 Å². The minimum atomic E-state index is -0.895. The lowest BCUT2D eigenvalue weighted by Crippen LogP contribution is -2.41. The van der Waals surface area contributed by atoms with E-state index in [2.05, 4.69) is 31.9 Å². The zero-order valence-electron chi connectivity index (χ0n) is 8.04. The zero-order chi connectivity index (χ0) is 10.9. The zero-order valence-corrected chi connectivity index (χ0v) is 11.2. The van der Waals surface area contributed by atoms with Gasteiger partial charge >= 0.3 is 6.09 Å². The van der Waals surface area contributed by atoms with Crippen molar-refractivity contribution in [3.8, 4) is 0 Å². The maximum absolute atomic E-state index is 11.5. The lowest BCUT2D eigenvalue weighted by Gasteiger charge is -2.25. The van der Waals surface area contributed by atoms with Crippen molar-refractivity contribution in [2.45, 2.75) is 35.8 Å². The van der Waals surface area contributed by atoms with E-state index in [1.54, 1.807) is 13.8 Å². The van der Waals surface area contributed by atoms with Crippen molar-refractivity contribution in [3.05, 3.63) is 0 Å². The molecule has 0 aromatic carbocycles. The average molecular weight is 331 g/mol. The molecular formula is C8H13Br2NO3. The van der Waals surface area contributed by atoms with Gasteiger partial charge in [0.2, 0.25) is 0 Å². The maximum atomic E-state index is 11.5. The Kier molecular flexibility index (Phi) is 3.82. The molecule has 1 heterocycles. The van der Waals surface area contributed by atoms with Gasteiger partial charge in [0.05, 0.1) is 6.10 Å². The van der Waals surface area contributed by atoms with Gasteiger partial charge in [-0.1, -0.05) is 31.9 Å². The molecule has 1 fully saturated rings. The summed E-state index contributed by atoms with van der Waals surface area (Å²) in [4.78, 5) is 12.8. The molecule has 14 heavy (non-hydrogen) atoms. The van der Waals surface area contributed by atoms with Crippen LogP contribution in [0.25, 0.3) is 0 Å². The number of alkyl halides is 2.